The summed E-state index contributed by atoms with van der Waals surface area (Å²) in [6, 6.07) is 6.97. The first-order chi connectivity index (χ1) is 9.38. The molecular weight excluding hydrogens is 325 g/mol. The molecule has 2 aromatic rings. The van der Waals surface area contributed by atoms with Crippen molar-refractivity contribution in [3.63, 3.8) is 0 Å². The van der Waals surface area contributed by atoms with E-state index in [1.807, 2.05) is 0 Å². The van der Waals surface area contributed by atoms with E-state index in [9.17, 15) is 4.79 Å². The number of hydrogen-bond donors (Lipinski definition) is 2. The summed E-state index contributed by atoms with van der Waals surface area (Å²) in [6.45, 7) is 0. The third-order valence-electron chi connectivity index (χ3n) is 2.46. The molecule has 104 valence electrons. The van der Waals surface area contributed by atoms with Crippen LogP contribution in [0.1, 0.15) is 10.4 Å². The van der Waals surface area contributed by atoms with E-state index in [2.05, 4.69) is 0 Å². The molecule has 0 heterocycles. The molecule has 4 nitrogen and oxygen atoms in total. The lowest BCUT2D eigenvalue weighted by Crippen LogP contribution is -1.99. The van der Waals surface area contributed by atoms with Crippen LogP contribution >= 0.6 is 34.8 Å². The third kappa shape index (κ3) is 3.10. The Bertz CT molecular complexity index is 689. The molecule has 0 bridgehead atoms. The predicted octanol–water partition coefficient (Wildman–Crippen LogP) is 4.72. The molecule has 0 spiro atoms. The number of halogens is 3. The summed E-state index contributed by atoms with van der Waals surface area (Å²) in [6.07, 6.45) is 0. The van der Waals surface area contributed by atoms with Gasteiger partial charge in [-0.3, -0.25) is 0 Å². The van der Waals surface area contributed by atoms with Crippen molar-refractivity contribution in [2.24, 2.45) is 0 Å². The number of carboxylic acids is 1. The minimum Gasteiger partial charge on any atom is -0.478 e. The molecule has 0 unspecified atom stereocenters. The van der Waals surface area contributed by atoms with Crippen LogP contribution in [0.15, 0.2) is 30.3 Å². The second-order valence-corrected chi connectivity index (χ2v) is 5.08. The Labute approximate surface area is 129 Å². The van der Waals surface area contributed by atoms with Gasteiger partial charge in [-0.15, -0.1) is 0 Å². The lowest BCUT2D eigenvalue weighted by atomic mass is 10.2. The van der Waals surface area contributed by atoms with Crippen LogP contribution in [0.3, 0.4) is 0 Å². The molecule has 0 saturated carbocycles. The lowest BCUT2D eigenvalue weighted by molar-refractivity contribution is 0.0696. The van der Waals surface area contributed by atoms with Gasteiger partial charge in [0.1, 0.15) is 5.75 Å². The average Bonchev–Trinajstić information content (AvgIpc) is 2.38. The molecule has 0 radical (unpaired) electrons. The summed E-state index contributed by atoms with van der Waals surface area (Å²) in [5.41, 5.74) is 6.06. The monoisotopic (exact) mass is 331 g/mol. The van der Waals surface area contributed by atoms with Crippen LogP contribution in [0, 0.1) is 0 Å². The van der Waals surface area contributed by atoms with Gasteiger partial charge in [0.15, 0.2) is 5.75 Å². The zero-order valence-electron chi connectivity index (χ0n) is 9.86. The van der Waals surface area contributed by atoms with E-state index in [4.69, 9.17) is 50.4 Å². The predicted molar refractivity (Wildman–Crippen MR) is 79.4 cm³/mol. The van der Waals surface area contributed by atoms with Gasteiger partial charge in [0, 0.05) is 6.07 Å². The van der Waals surface area contributed by atoms with Gasteiger partial charge >= 0.3 is 5.97 Å². The van der Waals surface area contributed by atoms with E-state index >= 15 is 0 Å². The van der Waals surface area contributed by atoms with E-state index < -0.39 is 5.97 Å². The molecule has 0 fully saturated rings. The van der Waals surface area contributed by atoms with Crippen molar-refractivity contribution in [3.05, 3.63) is 51.0 Å². The highest BCUT2D eigenvalue weighted by Gasteiger charge is 2.12. The smallest absolute Gasteiger partial charge is 0.335 e. The number of carbonyl (C=O) groups is 1. The summed E-state index contributed by atoms with van der Waals surface area (Å²) < 4.78 is 5.50. The Balaban J connectivity index is 2.42. The minimum absolute atomic E-state index is 0.0467. The molecule has 2 aromatic carbocycles. The topological polar surface area (TPSA) is 72.6 Å². The first-order valence-corrected chi connectivity index (χ1v) is 6.47. The van der Waals surface area contributed by atoms with Gasteiger partial charge in [0.25, 0.3) is 0 Å². The third-order valence-corrected chi connectivity index (χ3v) is 3.47. The number of benzene rings is 2. The van der Waals surface area contributed by atoms with Gasteiger partial charge in [-0.05, 0) is 24.3 Å². The number of rotatable bonds is 3. The molecular formula is C13H8Cl3NO3. The first kappa shape index (κ1) is 14.8. The van der Waals surface area contributed by atoms with Crippen LogP contribution in [-0.2, 0) is 0 Å². The van der Waals surface area contributed by atoms with Gasteiger partial charge < -0.3 is 15.6 Å². The number of carboxylic acid groups (broad SMARTS) is 1. The molecule has 0 saturated heterocycles. The Morgan fingerprint density at radius 1 is 1.00 bits per heavy atom. The Morgan fingerprint density at radius 2 is 1.65 bits per heavy atom. The number of anilines is 1. The van der Waals surface area contributed by atoms with Crippen molar-refractivity contribution >= 4 is 46.5 Å². The van der Waals surface area contributed by atoms with Crippen LogP contribution < -0.4 is 10.5 Å². The number of aromatic carboxylic acids is 1. The molecule has 0 aliphatic heterocycles. The molecule has 0 atom stereocenters. The zero-order valence-corrected chi connectivity index (χ0v) is 12.1. The van der Waals surface area contributed by atoms with E-state index in [0.29, 0.717) is 0 Å². The average molecular weight is 333 g/mol. The maximum atomic E-state index is 10.9. The molecule has 7 heteroatoms. The minimum atomic E-state index is -1.09. The second-order valence-electron chi connectivity index (χ2n) is 3.86. The Kier molecular flexibility index (Phi) is 4.28. The fraction of sp³-hybridized carbons (Fsp3) is 0. The standard InChI is InChI=1S/C13H8Cl3NO3/c14-7-4-9(16)11(5-8(7)15)20-12-3-6(13(18)19)1-2-10(12)17/h1-5H,17H2,(H,18,19). The van der Waals surface area contributed by atoms with Gasteiger partial charge in [0.05, 0.1) is 26.3 Å². The van der Waals surface area contributed by atoms with Crippen molar-refractivity contribution < 1.29 is 14.6 Å². The summed E-state index contributed by atoms with van der Waals surface area (Å²) >= 11 is 17.7. The van der Waals surface area contributed by atoms with E-state index in [1.54, 1.807) is 0 Å². The van der Waals surface area contributed by atoms with Crippen LogP contribution in [0.5, 0.6) is 11.5 Å². The quantitative estimate of drug-likeness (QED) is 0.630. The fourth-order valence-corrected chi connectivity index (χ4v) is 2.03. The number of nitrogen functional groups attached to an aromatic ring is 1. The van der Waals surface area contributed by atoms with Crippen molar-refractivity contribution in [2.75, 3.05) is 5.73 Å². The maximum absolute atomic E-state index is 10.9. The molecule has 0 amide bonds. The number of nitrogens with two attached hydrogens (primary N) is 1. The van der Waals surface area contributed by atoms with Gasteiger partial charge in [0.2, 0.25) is 0 Å². The maximum Gasteiger partial charge on any atom is 0.335 e. The van der Waals surface area contributed by atoms with Crippen LogP contribution in [0.25, 0.3) is 0 Å². The molecule has 3 N–H and O–H groups in total. The lowest BCUT2D eigenvalue weighted by Gasteiger charge is -2.11. The van der Waals surface area contributed by atoms with Crippen LogP contribution in [0.4, 0.5) is 5.69 Å². The molecule has 0 aliphatic rings. The van der Waals surface area contributed by atoms with Crippen LogP contribution in [0.2, 0.25) is 15.1 Å². The highest BCUT2D eigenvalue weighted by Crippen LogP contribution is 2.38. The second kappa shape index (κ2) is 5.79. The molecule has 20 heavy (non-hydrogen) atoms. The van der Waals surface area contributed by atoms with Crippen molar-refractivity contribution in [1.82, 2.24) is 0 Å². The zero-order chi connectivity index (χ0) is 14.9. The highest BCUT2D eigenvalue weighted by atomic mass is 35.5. The van der Waals surface area contributed by atoms with E-state index in [0.717, 1.165) is 0 Å². The summed E-state index contributed by atoms with van der Waals surface area (Å²) in [4.78, 5) is 10.9. The molecule has 0 aliphatic carbocycles. The fourth-order valence-electron chi connectivity index (χ4n) is 1.46. The van der Waals surface area contributed by atoms with Crippen molar-refractivity contribution in [2.45, 2.75) is 0 Å². The molecule has 0 aromatic heterocycles. The molecule has 2 rings (SSSR count). The van der Waals surface area contributed by atoms with E-state index in [-0.39, 0.29) is 37.8 Å². The Morgan fingerprint density at radius 3 is 2.30 bits per heavy atom. The van der Waals surface area contributed by atoms with Crippen LogP contribution in [-0.4, -0.2) is 11.1 Å². The summed E-state index contributed by atoms with van der Waals surface area (Å²) in [5.74, 6) is -0.685. The summed E-state index contributed by atoms with van der Waals surface area (Å²) in [7, 11) is 0. The van der Waals surface area contributed by atoms with Gasteiger partial charge in [-0.25, -0.2) is 4.79 Å². The summed E-state index contributed by atoms with van der Waals surface area (Å²) in [5, 5.41) is 9.73. The largest absolute Gasteiger partial charge is 0.478 e. The SMILES string of the molecule is Nc1ccc(C(=O)O)cc1Oc1cc(Cl)c(Cl)cc1Cl. The normalized spacial score (nSPS) is 10.3. The first-order valence-electron chi connectivity index (χ1n) is 5.33. The van der Waals surface area contributed by atoms with E-state index in [1.165, 1.54) is 30.3 Å². The number of hydrogen-bond acceptors (Lipinski definition) is 3. The van der Waals surface area contributed by atoms with Gasteiger partial charge in [-0.2, -0.15) is 0 Å². The van der Waals surface area contributed by atoms with Gasteiger partial charge in [-0.1, -0.05) is 34.8 Å². The van der Waals surface area contributed by atoms with Crippen molar-refractivity contribution in [1.29, 1.82) is 0 Å². The van der Waals surface area contributed by atoms with Crippen molar-refractivity contribution in [3.8, 4) is 11.5 Å². The number of ether oxygens (including phenoxy) is 1. The Hall–Kier alpha value is -1.62. The highest BCUT2D eigenvalue weighted by molar-refractivity contribution is 6.43.